The molecule has 2 rings (SSSR count). The third-order valence-electron chi connectivity index (χ3n) is 2.43. The number of ether oxygens (including phenoxy) is 1. The molecule has 1 aliphatic rings. The first-order valence-corrected chi connectivity index (χ1v) is 4.76. The Morgan fingerprint density at radius 3 is 2.93 bits per heavy atom. The lowest BCUT2D eigenvalue weighted by molar-refractivity contribution is 0.0686. The van der Waals surface area contributed by atoms with Gasteiger partial charge in [0.05, 0.1) is 6.54 Å². The molecule has 0 saturated carbocycles. The summed E-state index contributed by atoms with van der Waals surface area (Å²) in [6, 6.07) is 0. The van der Waals surface area contributed by atoms with Crippen LogP contribution in [0.3, 0.4) is 0 Å². The fourth-order valence-corrected chi connectivity index (χ4v) is 1.74. The predicted octanol–water partition coefficient (Wildman–Crippen LogP) is 1.31. The molecule has 0 spiro atoms. The van der Waals surface area contributed by atoms with E-state index in [1.54, 1.807) is 17.8 Å². The fourth-order valence-electron chi connectivity index (χ4n) is 1.74. The number of carbonyl (C=O) groups is 1. The van der Waals surface area contributed by atoms with Crippen molar-refractivity contribution in [3.63, 3.8) is 0 Å². The number of aromatic nitrogens is 1. The summed E-state index contributed by atoms with van der Waals surface area (Å²) in [4.78, 5) is 11.0. The second kappa shape index (κ2) is 2.92. The van der Waals surface area contributed by atoms with Crippen molar-refractivity contribution in [2.45, 2.75) is 19.4 Å². The third-order valence-corrected chi connectivity index (χ3v) is 2.43. The number of aryl methyl sites for hydroxylation is 1. The van der Waals surface area contributed by atoms with E-state index in [4.69, 9.17) is 9.84 Å². The summed E-state index contributed by atoms with van der Waals surface area (Å²) in [5.74, 6) is -0.347. The first-order valence-electron chi connectivity index (χ1n) is 4.76. The van der Waals surface area contributed by atoms with Crippen molar-refractivity contribution in [3.8, 4) is 5.75 Å². The molecule has 5 nitrogen and oxygen atoms in total. The minimum atomic E-state index is -0.949. The maximum absolute atomic E-state index is 11.0. The molecule has 0 aliphatic carbocycles. The number of nitrogens with zero attached hydrogens (tertiary/aromatic N) is 1. The van der Waals surface area contributed by atoms with Gasteiger partial charge in [-0.15, -0.1) is 0 Å². The van der Waals surface area contributed by atoms with Crippen LogP contribution in [-0.4, -0.2) is 27.8 Å². The van der Waals surface area contributed by atoms with Crippen molar-refractivity contribution in [1.82, 2.24) is 4.57 Å². The van der Waals surface area contributed by atoms with Crippen LogP contribution >= 0.6 is 0 Å². The lowest BCUT2D eigenvalue weighted by atomic mass is 10.1. The topological polar surface area (TPSA) is 63.5 Å². The smallest absolute Gasteiger partial charge is 0.354 e. The molecule has 5 heteroatoms. The van der Waals surface area contributed by atoms with Crippen LogP contribution in [0, 0.1) is 0 Å². The summed E-state index contributed by atoms with van der Waals surface area (Å²) < 4.78 is 7.24. The van der Waals surface area contributed by atoms with Crippen molar-refractivity contribution >= 4 is 11.7 Å². The molecule has 15 heavy (non-hydrogen) atoms. The monoisotopic (exact) mass is 210 g/mol. The fraction of sp³-hybridized carbons (Fsp3) is 0.500. The summed E-state index contributed by atoms with van der Waals surface area (Å²) in [6.07, 6.45) is 1.69. The number of hydrogen-bond donors (Lipinski definition) is 2. The van der Waals surface area contributed by atoms with E-state index in [-0.39, 0.29) is 11.3 Å². The van der Waals surface area contributed by atoms with E-state index in [0.717, 1.165) is 0 Å². The number of carboxylic acids is 1. The van der Waals surface area contributed by atoms with Crippen LogP contribution in [0.5, 0.6) is 5.75 Å². The Labute approximate surface area is 87.7 Å². The van der Waals surface area contributed by atoms with Crippen LogP contribution in [0.4, 0.5) is 5.69 Å². The SMILES string of the molecule is Cn1cc2c(c1C(=O)O)NCC(C)(C)O2. The van der Waals surface area contributed by atoms with Gasteiger partial charge in [-0.1, -0.05) is 0 Å². The van der Waals surface area contributed by atoms with Crippen LogP contribution in [0.1, 0.15) is 24.3 Å². The zero-order chi connectivity index (χ0) is 11.2. The van der Waals surface area contributed by atoms with Gasteiger partial charge in [0, 0.05) is 13.2 Å². The van der Waals surface area contributed by atoms with Gasteiger partial charge < -0.3 is 19.7 Å². The number of rotatable bonds is 1. The first-order chi connectivity index (χ1) is 6.91. The summed E-state index contributed by atoms with van der Waals surface area (Å²) in [5.41, 5.74) is 0.509. The molecule has 0 unspecified atom stereocenters. The van der Waals surface area contributed by atoms with E-state index in [9.17, 15) is 4.79 Å². The Hall–Kier alpha value is -1.65. The van der Waals surface area contributed by atoms with E-state index in [1.807, 2.05) is 13.8 Å². The summed E-state index contributed by atoms with van der Waals surface area (Å²) in [7, 11) is 1.69. The quantitative estimate of drug-likeness (QED) is 0.733. The lowest BCUT2D eigenvalue weighted by Gasteiger charge is -2.31. The Morgan fingerprint density at radius 2 is 2.33 bits per heavy atom. The number of nitrogens with one attached hydrogen (secondary N) is 1. The van der Waals surface area contributed by atoms with Gasteiger partial charge in [0.25, 0.3) is 0 Å². The Bertz CT molecular complexity index is 421. The Kier molecular flexibility index (Phi) is 1.92. The molecular formula is C10H14N2O3. The van der Waals surface area contributed by atoms with E-state index in [2.05, 4.69) is 5.32 Å². The van der Waals surface area contributed by atoms with Crippen molar-refractivity contribution < 1.29 is 14.6 Å². The number of aromatic carboxylic acids is 1. The van der Waals surface area contributed by atoms with Crippen LogP contribution < -0.4 is 10.1 Å². The molecule has 1 aromatic rings. The Balaban J connectivity index is 2.48. The predicted molar refractivity (Wildman–Crippen MR) is 55.6 cm³/mol. The van der Waals surface area contributed by atoms with Crippen LogP contribution in [0.2, 0.25) is 0 Å². The zero-order valence-corrected chi connectivity index (χ0v) is 9.00. The highest BCUT2D eigenvalue weighted by Crippen LogP contribution is 2.36. The summed E-state index contributed by atoms with van der Waals surface area (Å²) in [6.45, 7) is 4.51. The Morgan fingerprint density at radius 1 is 1.67 bits per heavy atom. The molecule has 1 aromatic heterocycles. The van der Waals surface area contributed by atoms with Gasteiger partial charge in [0.15, 0.2) is 11.4 Å². The highest BCUT2D eigenvalue weighted by molar-refractivity contribution is 5.95. The standard InChI is InChI=1S/C10H14N2O3/c1-10(2)5-11-7-6(15-10)4-12(3)8(7)9(13)14/h4,11H,5H2,1-3H3,(H,13,14). The molecule has 0 saturated heterocycles. The van der Waals surface area contributed by atoms with E-state index < -0.39 is 5.97 Å². The molecule has 82 valence electrons. The molecule has 0 fully saturated rings. The van der Waals surface area contributed by atoms with E-state index in [1.165, 1.54) is 0 Å². The van der Waals surface area contributed by atoms with Gasteiger partial charge in [-0.05, 0) is 13.8 Å². The van der Waals surface area contributed by atoms with Crippen molar-refractivity contribution in [3.05, 3.63) is 11.9 Å². The molecule has 0 aromatic carbocycles. The molecule has 1 aliphatic heterocycles. The van der Waals surface area contributed by atoms with Crippen molar-refractivity contribution in [1.29, 1.82) is 0 Å². The molecule has 2 N–H and O–H groups in total. The van der Waals surface area contributed by atoms with Gasteiger partial charge in [0.2, 0.25) is 0 Å². The maximum atomic E-state index is 11.0. The van der Waals surface area contributed by atoms with Crippen LogP contribution in [0.15, 0.2) is 6.20 Å². The second-order valence-electron chi connectivity index (χ2n) is 4.35. The first kappa shape index (κ1) is 9.89. The number of fused-ring (bicyclic) bond motifs is 1. The van der Waals surface area contributed by atoms with Crippen LogP contribution in [0.25, 0.3) is 0 Å². The van der Waals surface area contributed by atoms with Gasteiger partial charge in [0.1, 0.15) is 11.3 Å². The number of carboxylic acid groups (broad SMARTS) is 1. The highest BCUT2D eigenvalue weighted by Gasteiger charge is 2.31. The summed E-state index contributed by atoms with van der Waals surface area (Å²) >= 11 is 0. The zero-order valence-electron chi connectivity index (χ0n) is 9.00. The second-order valence-corrected chi connectivity index (χ2v) is 4.35. The molecule has 0 bridgehead atoms. The van der Waals surface area contributed by atoms with E-state index in [0.29, 0.717) is 18.0 Å². The lowest BCUT2D eigenvalue weighted by Crippen LogP contribution is -2.39. The normalized spacial score (nSPS) is 17.5. The average Bonchev–Trinajstić information content (AvgIpc) is 2.37. The van der Waals surface area contributed by atoms with E-state index >= 15 is 0 Å². The third kappa shape index (κ3) is 1.54. The number of anilines is 1. The molecule has 0 atom stereocenters. The van der Waals surface area contributed by atoms with Crippen molar-refractivity contribution in [2.75, 3.05) is 11.9 Å². The van der Waals surface area contributed by atoms with Gasteiger partial charge in [-0.3, -0.25) is 0 Å². The molecule has 0 amide bonds. The van der Waals surface area contributed by atoms with Gasteiger partial charge in [-0.25, -0.2) is 4.79 Å². The average molecular weight is 210 g/mol. The largest absolute Gasteiger partial charge is 0.482 e. The minimum absolute atomic E-state index is 0.237. The number of hydrogen-bond acceptors (Lipinski definition) is 3. The summed E-state index contributed by atoms with van der Waals surface area (Å²) in [5, 5.41) is 12.1. The molecular weight excluding hydrogens is 196 g/mol. The van der Waals surface area contributed by atoms with Gasteiger partial charge in [-0.2, -0.15) is 0 Å². The highest BCUT2D eigenvalue weighted by atomic mass is 16.5. The van der Waals surface area contributed by atoms with Gasteiger partial charge >= 0.3 is 5.97 Å². The van der Waals surface area contributed by atoms with Crippen molar-refractivity contribution in [2.24, 2.45) is 7.05 Å². The molecule has 2 heterocycles. The maximum Gasteiger partial charge on any atom is 0.354 e. The van der Waals surface area contributed by atoms with Crippen LogP contribution in [-0.2, 0) is 7.05 Å². The molecule has 0 radical (unpaired) electrons. The minimum Gasteiger partial charge on any atom is -0.482 e.